The fraction of sp³-hybridized carbons (Fsp3) is 0.464. The maximum absolute atomic E-state index is 12.7. The van der Waals surface area contributed by atoms with Gasteiger partial charge < -0.3 is 20.1 Å². The van der Waals surface area contributed by atoms with Crippen LogP contribution in [0, 0.1) is 5.92 Å². The van der Waals surface area contributed by atoms with Crippen molar-refractivity contribution < 1.29 is 15.0 Å². The molecule has 2 atom stereocenters. The summed E-state index contributed by atoms with van der Waals surface area (Å²) in [6.45, 7) is 2.83. The standard InChI is InChI=1S/C28H35ClN2O3/c1-19(32)17-31-18-23(27-24(29)12-8-13-25(27)31)21(20-9-4-2-3-5-10-20)15-16-30-28(34)22-11-6-7-14-26(22)33/h6-8,11-14,18-21,32-33H,2-5,9-10,15-17H2,1H3,(H,30,34). The Morgan fingerprint density at radius 1 is 1.12 bits per heavy atom. The van der Waals surface area contributed by atoms with E-state index in [-0.39, 0.29) is 17.6 Å². The Morgan fingerprint density at radius 2 is 1.85 bits per heavy atom. The predicted molar refractivity (Wildman–Crippen MR) is 138 cm³/mol. The second-order valence-corrected chi connectivity index (χ2v) is 10.0. The summed E-state index contributed by atoms with van der Waals surface area (Å²) in [4.78, 5) is 12.7. The van der Waals surface area contributed by atoms with E-state index in [1.165, 1.54) is 50.2 Å². The zero-order chi connectivity index (χ0) is 24.1. The lowest BCUT2D eigenvalue weighted by Gasteiger charge is -2.27. The number of aromatic nitrogens is 1. The molecular formula is C28H35ClN2O3. The molecule has 1 aromatic heterocycles. The van der Waals surface area contributed by atoms with E-state index >= 15 is 0 Å². The molecule has 0 radical (unpaired) electrons. The largest absolute Gasteiger partial charge is 0.507 e. The van der Waals surface area contributed by atoms with E-state index in [4.69, 9.17) is 11.6 Å². The van der Waals surface area contributed by atoms with E-state index in [2.05, 4.69) is 22.1 Å². The number of benzene rings is 2. The van der Waals surface area contributed by atoms with Crippen LogP contribution in [-0.2, 0) is 6.54 Å². The second-order valence-electron chi connectivity index (χ2n) is 9.64. The molecule has 0 saturated heterocycles. The number of aliphatic hydroxyl groups excluding tert-OH is 1. The molecular weight excluding hydrogens is 448 g/mol. The second kappa shape index (κ2) is 11.3. The number of nitrogens with zero attached hydrogens (tertiary/aromatic N) is 1. The fourth-order valence-electron chi connectivity index (χ4n) is 5.52. The fourth-order valence-corrected chi connectivity index (χ4v) is 5.80. The van der Waals surface area contributed by atoms with E-state index in [0.29, 0.717) is 24.6 Å². The minimum absolute atomic E-state index is 0.00621. The highest BCUT2D eigenvalue weighted by Gasteiger charge is 2.28. The van der Waals surface area contributed by atoms with Crippen LogP contribution in [-0.4, -0.2) is 33.3 Å². The molecule has 1 amide bonds. The SMILES string of the molecule is CC(O)Cn1cc(C(CCNC(=O)c2ccccc2O)C2CCCCCC2)c2c(Cl)cccc21. The highest BCUT2D eigenvalue weighted by atomic mass is 35.5. The third-order valence-electron chi connectivity index (χ3n) is 7.10. The van der Waals surface area contributed by atoms with Gasteiger partial charge in [-0.3, -0.25) is 4.79 Å². The average Bonchev–Trinajstić information content (AvgIpc) is 2.97. The van der Waals surface area contributed by atoms with Crippen LogP contribution >= 0.6 is 11.6 Å². The average molecular weight is 483 g/mol. The molecule has 3 aromatic rings. The number of hydrogen-bond donors (Lipinski definition) is 3. The number of phenols is 1. The topological polar surface area (TPSA) is 74.5 Å². The number of para-hydroxylation sites is 1. The first-order valence-corrected chi connectivity index (χ1v) is 12.8. The van der Waals surface area contributed by atoms with Crippen molar-refractivity contribution in [3.8, 4) is 5.75 Å². The van der Waals surface area contributed by atoms with Crippen LogP contribution in [0.5, 0.6) is 5.75 Å². The van der Waals surface area contributed by atoms with Crippen molar-refractivity contribution in [3.05, 3.63) is 64.8 Å². The van der Waals surface area contributed by atoms with Gasteiger partial charge in [0.15, 0.2) is 0 Å². The summed E-state index contributed by atoms with van der Waals surface area (Å²) < 4.78 is 2.12. The summed E-state index contributed by atoms with van der Waals surface area (Å²) >= 11 is 6.74. The third-order valence-corrected chi connectivity index (χ3v) is 7.42. The van der Waals surface area contributed by atoms with Gasteiger partial charge in [-0.05, 0) is 67.9 Å². The molecule has 2 unspecified atom stereocenters. The predicted octanol–water partition coefficient (Wildman–Crippen LogP) is 6.26. The third kappa shape index (κ3) is 5.59. The van der Waals surface area contributed by atoms with E-state index in [0.717, 1.165) is 22.3 Å². The van der Waals surface area contributed by atoms with Crippen molar-refractivity contribution in [1.29, 1.82) is 0 Å². The molecule has 3 N–H and O–H groups in total. The van der Waals surface area contributed by atoms with Gasteiger partial charge in [0.25, 0.3) is 5.91 Å². The molecule has 4 rings (SSSR count). The Morgan fingerprint density at radius 3 is 2.56 bits per heavy atom. The summed E-state index contributed by atoms with van der Waals surface area (Å²) in [7, 11) is 0. The van der Waals surface area contributed by atoms with E-state index < -0.39 is 6.10 Å². The maximum atomic E-state index is 12.7. The molecule has 6 heteroatoms. The number of aliphatic hydroxyl groups is 1. The number of phenolic OH excluding ortho intramolecular Hbond substituents is 1. The lowest BCUT2D eigenvalue weighted by atomic mass is 9.79. The van der Waals surface area contributed by atoms with Crippen LogP contribution in [0.1, 0.15) is 73.7 Å². The van der Waals surface area contributed by atoms with Crippen molar-refractivity contribution in [3.63, 3.8) is 0 Å². The lowest BCUT2D eigenvalue weighted by molar-refractivity contribution is 0.0948. The number of amides is 1. The first-order chi connectivity index (χ1) is 16.5. The molecule has 1 fully saturated rings. The highest BCUT2D eigenvalue weighted by Crippen LogP contribution is 2.42. The van der Waals surface area contributed by atoms with Crippen LogP contribution in [0.25, 0.3) is 10.9 Å². The smallest absolute Gasteiger partial charge is 0.255 e. The van der Waals surface area contributed by atoms with E-state index in [9.17, 15) is 15.0 Å². The molecule has 0 spiro atoms. The molecule has 0 bridgehead atoms. The van der Waals surface area contributed by atoms with Gasteiger partial charge in [-0.1, -0.05) is 55.5 Å². The Labute approximate surface area is 206 Å². The van der Waals surface area contributed by atoms with Gasteiger partial charge in [-0.25, -0.2) is 0 Å². The monoisotopic (exact) mass is 482 g/mol. The van der Waals surface area contributed by atoms with E-state index in [1.54, 1.807) is 25.1 Å². The molecule has 1 aliphatic rings. The Bertz CT molecular complexity index is 1120. The van der Waals surface area contributed by atoms with Crippen LogP contribution in [0.4, 0.5) is 0 Å². The maximum Gasteiger partial charge on any atom is 0.255 e. The van der Waals surface area contributed by atoms with Gasteiger partial charge in [0.2, 0.25) is 0 Å². The van der Waals surface area contributed by atoms with E-state index in [1.807, 2.05) is 12.1 Å². The molecule has 34 heavy (non-hydrogen) atoms. The minimum atomic E-state index is -0.461. The quantitative estimate of drug-likeness (QED) is 0.332. The number of carbonyl (C=O) groups is 1. The number of rotatable bonds is 8. The van der Waals surface area contributed by atoms with Crippen molar-refractivity contribution >= 4 is 28.4 Å². The van der Waals surface area contributed by atoms with Gasteiger partial charge in [0.05, 0.1) is 16.7 Å². The van der Waals surface area contributed by atoms with Crippen LogP contribution in [0.3, 0.4) is 0 Å². The van der Waals surface area contributed by atoms with Crippen LogP contribution in [0.2, 0.25) is 5.02 Å². The summed E-state index contributed by atoms with van der Waals surface area (Å²) in [6.07, 6.45) is 9.85. The molecule has 0 aliphatic heterocycles. The Kier molecular flexibility index (Phi) is 8.17. The highest BCUT2D eigenvalue weighted by molar-refractivity contribution is 6.35. The molecule has 1 heterocycles. The number of fused-ring (bicyclic) bond motifs is 1. The van der Waals surface area contributed by atoms with Gasteiger partial charge >= 0.3 is 0 Å². The summed E-state index contributed by atoms with van der Waals surface area (Å²) in [5.41, 5.74) is 2.55. The first kappa shape index (κ1) is 24.6. The number of hydrogen-bond acceptors (Lipinski definition) is 3. The normalized spacial score (nSPS) is 16.8. The molecule has 182 valence electrons. The summed E-state index contributed by atoms with van der Waals surface area (Å²) in [5, 5.41) is 24.9. The number of aromatic hydroxyl groups is 1. The molecule has 1 aliphatic carbocycles. The molecule has 1 saturated carbocycles. The molecule has 5 nitrogen and oxygen atoms in total. The Balaban J connectivity index is 1.63. The lowest BCUT2D eigenvalue weighted by Crippen LogP contribution is -2.27. The zero-order valence-corrected chi connectivity index (χ0v) is 20.6. The summed E-state index contributed by atoms with van der Waals surface area (Å²) in [5.74, 6) is 0.507. The molecule has 2 aromatic carbocycles. The number of carbonyl (C=O) groups excluding carboxylic acids is 1. The van der Waals surface area contributed by atoms with Crippen molar-refractivity contribution in [2.75, 3.05) is 6.54 Å². The summed E-state index contributed by atoms with van der Waals surface area (Å²) in [6, 6.07) is 12.6. The minimum Gasteiger partial charge on any atom is -0.507 e. The van der Waals surface area contributed by atoms with Crippen molar-refractivity contribution in [2.45, 2.75) is 70.4 Å². The van der Waals surface area contributed by atoms with Crippen molar-refractivity contribution in [2.24, 2.45) is 5.92 Å². The Hall–Kier alpha value is -2.50. The van der Waals surface area contributed by atoms with Gasteiger partial charge in [-0.15, -0.1) is 0 Å². The number of nitrogens with one attached hydrogen (secondary N) is 1. The van der Waals surface area contributed by atoms with Crippen molar-refractivity contribution in [1.82, 2.24) is 9.88 Å². The van der Waals surface area contributed by atoms with Gasteiger partial charge in [0.1, 0.15) is 5.75 Å². The number of halogens is 1. The zero-order valence-electron chi connectivity index (χ0n) is 19.8. The van der Waals surface area contributed by atoms with Gasteiger partial charge in [-0.2, -0.15) is 0 Å². The van der Waals surface area contributed by atoms with Gasteiger partial charge in [0, 0.05) is 30.2 Å². The first-order valence-electron chi connectivity index (χ1n) is 12.5. The van der Waals surface area contributed by atoms with Crippen LogP contribution in [0.15, 0.2) is 48.7 Å². The van der Waals surface area contributed by atoms with Crippen LogP contribution < -0.4 is 5.32 Å².